The minimum Gasteiger partial charge on any atom is -0.497 e. The van der Waals surface area contributed by atoms with Gasteiger partial charge in [0.15, 0.2) is 0 Å². The Kier molecular flexibility index (Phi) is 4.90. The summed E-state index contributed by atoms with van der Waals surface area (Å²) in [5, 5.41) is 9.63. The molecule has 21 heavy (non-hydrogen) atoms. The molecule has 1 aromatic heterocycles. The predicted molar refractivity (Wildman–Crippen MR) is 79.2 cm³/mol. The number of pyridine rings is 1. The van der Waals surface area contributed by atoms with Gasteiger partial charge in [-0.2, -0.15) is 0 Å². The first kappa shape index (κ1) is 15.0. The Bertz CT molecular complexity index is 584. The highest BCUT2D eigenvalue weighted by atomic mass is 16.5. The third-order valence-electron chi connectivity index (χ3n) is 3.37. The monoisotopic (exact) mass is 286 g/mol. The molecule has 0 saturated heterocycles. The van der Waals surface area contributed by atoms with Crippen LogP contribution in [0.5, 0.6) is 5.75 Å². The van der Waals surface area contributed by atoms with E-state index in [0.717, 1.165) is 11.3 Å². The minimum atomic E-state index is -0.413. The second-order valence-electron chi connectivity index (χ2n) is 4.63. The van der Waals surface area contributed by atoms with Crippen LogP contribution < -0.4 is 4.74 Å². The van der Waals surface area contributed by atoms with Crippen molar-refractivity contribution in [2.24, 2.45) is 0 Å². The summed E-state index contributed by atoms with van der Waals surface area (Å²) >= 11 is 0. The number of amides is 1. The molecule has 2 rings (SSSR count). The molecule has 5 nitrogen and oxygen atoms in total. The molecule has 0 bridgehead atoms. The maximum atomic E-state index is 12.4. The number of nitrogens with zero attached hydrogens (tertiary/aromatic N) is 2. The van der Waals surface area contributed by atoms with Gasteiger partial charge in [0.2, 0.25) is 0 Å². The van der Waals surface area contributed by atoms with Crippen molar-refractivity contribution in [3.8, 4) is 5.75 Å². The number of likely N-dealkylation sites (N-methyl/N-ethyl adjacent to an activating group) is 1. The second kappa shape index (κ2) is 6.85. The van der Waals surface area contributed by atoms with Gasteiger partial charge in [0.25, 0.3) is 5.91 Å². The van der Waals surface area contributed by atoms with Crippen molar-refractivity contribution in [3.05, 3.63) is 59.9 Å². The third kappa shape index (κ3) is 3.38. The summed E-state index contributed by atoms with van der Waals surface area (Å²) in [7, 11) is 3.26. The van der Waals surface area contributed by atoms with Gasteiger partial charge in [-0.15, -0.1) is 0 Å². The number of ether oxygens (including phenoxy) is 1. The van der Waals surface area contributed by atoms with Crippen molar-refractivity contribution >= 4 is 5.91 Å². The number of hydrogen-bond acceptors (Lipinski definition) is 4. The molecule has 5 heteroatoms. The van der Waals surface area contributed by atoms with Gasteiger partial charge in [-0.25, -0.2) is 0 Å². The van der Waals surface area contributed by atoms with E-state index in [1.54, 1.807) is 44.6 Å². The van der Waals surface area contributed by atoms with E-state index >= 15 is 0 Å². The van der Waals surface area contributed by atoms with E-state index < -0.39 is 6.04 Å². The molecule has 2 aromatic rings. The summed E-state index contributed by atoms with van der Waals surface area (Å²) in [6.45, 7) is -0.158. The summed E-state index contributed by atoms with van der Waals surface area (Å²) < 4.78 is 5.11. The lowest BCUT2D eigenvalue weighted by Crippen LogP contribution is -2.33. The third-order valence-corrected chi connectivity index (χ3v) is 3.37. The maximum Gasteiger partial charge on any atom is 0.255 e. The number of carbonyl (C=O) groups is 1. The van der Waals surface area contributed by atoms with Crippen LogP contribution in [0.15, 0.2) is 48.8 Å². The summed E-state index contributed by atoms with van der Waals surface area (Å²) in [5.74, 6) is 0.551. The normalized spacial score (nSPS) is 11.8. The van der Waals surface area contributed by atoms with E-state index in [9.17, 15) is 9.90 Å². The maximum absolute atomic E-state index is 12.4. The number of carbonyl (C=O) groups excluding carboxylic acids is 1. The lowest BCUT2D eigenvalue weighted by molar-refractivity contribution is 0.0658. The zero-order valence-electron chi connectivity index (χ0n) is 12.1. The van der Waals surface area contributed by atoms with Gasteiger partial charge < -0.3 is 14.7 Å². The molecule has 1 unspecified atom stereocenters. The molecule has 110 valence electrons. The molecule has 0 spiro atoms. The highest BCUT2D eigenvalue weighted by molar-refractivity contribution is 5.94. The van der Waals surface area contributed by atoms with Crippen LogP contribution in [-0.2, 0) is 0 Å². The standard InChI is InChI=1S/C16H18N2O3/c1-18(16(20)13-4-3-9-17-10-13)15(11-19)12-5-7-14(21-2)8-6-12/h3-10,15,19H,11H2,1-2H3. The fraction of sp³-hybridized carbons (Fsp3) is 0.250. The van der Waals surface area contributed by atoms with E-state index in [1.165, 1.54) is 11.1 Å². The van der Waals surface area contributed by atoms with E-state index in [2.05, 4.69) is 4.98 Å². The first-order chi connectivity index (χ1) is 10.2. The topological polar surface area (TPSA) is 62.7 Å². The van der Waals surface area contributed by atoms with E-state index in [1.807, 2.05) is 12.1 Å². The van der Waals surface area contributed by atoms with Crippen molar-refractivity contribution in [3.63, 3.8) is 0 Å². The molecular formula is C16H18N2O3. The summed E-state index contributed by atoms with van der Waals surface area (Å²) in [6, 6.07) is 10.3. The molecule has 0 aliphatic rings. The fourth-order valence-electron chi connectivity index (χ4n) is 2.11. The molecule has 1 amide bonds. The van der Waals surface area contributed by atoms with Crippen LogP contribution in [0.1, 0.15) is 22.0 Å². The van der Waals surface area contributed by atoms with Gasteiger partial charge in [-0.05, 0) is 29.8 Å². The summed E-state index contributed by atoms with van der Waals surface area (Å²) in [5.41, 5.74) is 1.34. The van der Waals surface area contributed by atoms with Crippen molar-refractivity contribution in [1.82, 2.24) is 9.88 Å². The van der Waals surface area contributed by atoms with Crippen LogP contribution in [-0.4, -0.2) is 41.7 Å². The van der Waals surface area contributed by atoms with Crippen LogP contribution in [0.25, 0.3) is 0 Å². The number of benzene rings is 1. The lowest BCUT2D eigenvalue weighted by Gasteiger charge is -2.27. The molecule has 0 fully saturated rings. The Morgan fingerprint density at radius 3 is 2.57 bits per heavy atom. The van der Waals surface area contributed by atoms with Gasteiger partial charge in [0.1, 0.15) is 5.75 Å². The smallest absolute Gasteiger partial charge is 0.255 e. The van der Waals surface area contributed by atoms with Crippen LogP contribution >= 0.6 is 0 Å². The number of aliphatic hydroxyl groups is 1. The average Bonchev–Trinajstić information content (AvgIpc) is 2.56. The van der Waals surface area contributed by atoms with Gasteiger partial charge in [-0.1, -0.05) is 12.1 Å². The van der Waals surface area contributed by atoms with Crippen molar-refractivity contribution in [2.45, 2.75) is 6.04 Å². The summed E-state index contributed by atoms with van der Waals surface area (Å²) in [6.07, 6.45) is 3.13. The number of methoxy groups -OCH3 is 1. The van der Waals surface area contributed by atoms with Crippen LogP contribution in [0.2, 0.25) is 0 Å². The Balaban J connectivity index is 2.21. The van der Waals surface area contributed by atoms with Gasteiger partial charge >= 0.3 is 0 Å². The van der Waals surface area contributed by atoms with Crippen LogP contribution in [0, 0.1) is 0 Å². The highest BCUT2D eigenvalue weighted by Gasteiger charge is 2.22. The average molecular weight is 286 g/mol. The van der Waals surface area contributed by atoms with Crippen molar-refractivity contribution < 1.29 is 14.6 Å². The van der Waals surface area contributed by atoms with Gasteiger partial charge in [0, 0.05) is 19.4 Å². The Hall–Kier alpha value is -2.40. The Labute approximate surface area is 123 Å². The minimum absolute atomic E-state index is 0.158. The highest BCUT2D eigenvalue weighted by Crippen LogP contribution is 2.23. The first-order valence-electron chi connectivity index (χ1n) is 6.59. The van der Waals surface area contributed by atoms with Crippen molar-refractivity contribution in [1.29, 1.82) is 0 Å². The second-order valence-corrected chi connectivity index (χ2v) is 4.63. The Morgan fingerprint density at radius 1 is 1.33 bits per heavy atom. The quantitative estimate of drug-likeness (QED) is 0.912. The SMILES string of the molecule is COc1ccc(C(CO)N(C)C(=O)c2cccnc2)cc1. The molecule has 0 aliphatic carbocycles. The van der Waals surface area contributed by atoms with Gasteiger partial charge in [0.05, 0.1) is 25.3 Å². The Morgan fingerprint density at radius 2 is 2.05 bits per heavy atom. The molecule has 1 atom stereocenters. The molecule has 0 radical (unpaired) electrons. The number of aliphatic hydroxyl groups excluding tert-OH is 1. The van der Waals surface area contributed by atoms with Gasteiger partial charge in [-0.3, -0.25) is 9.78 Å². The number of rotatable bonds is 5. The fourth-order valence-corrected chi connectivity index (χ4v) is 2.11. The molecule has 1 heterocycles. The van der Waals surface area contributed by atoms with E-state index in [0.29, 0.717) is 5.56 Å². The molecule has 0 saturated carbocycles. The predicted octanol–water partition coefficient (Wildman–Crippen LogP) is 1.90. The molecule has 1 N–H and O–H groups in total. The lowest BCUT2D eigenvalue weighted by atomic mass is 10.1. The molecule has 0 aliphatic heterocycles. The number of hydrogen-bond donors (Lipinski definition) is 1. The molecular weight excluding hydrogens is 268 g/mol. The van der Waals surface area contributed by atoms with Crippen LogP contribution in [0.3, 0.4) is 0 Å². The van der Waals surface area contributed by atoms with E-state index in [-0.39, 0.29) is 12.5 Å². The molecule has 1 aromatic carbocycles. The largest absolute Gasteiger partial charge is 0.497 e. The summed E-state index contributed by atoms with van der Waals surface area (Å²) in [4.78, 5) is 17.8. The van der Waals surface area contributed by atoms with E-state index in [4.69, 9.17) is 4.74 Å². The number of aromatic nitrogens is 1. The van der Waals surface area contributed by atoms with Crippen LogP contribution in [0.4, 0.5) is 0 Å². The first-order valence-corrected chi connectivity index (χ1v) is 6.59. The van der Waals surface area contributed by atoms with Crippen molar-refractivity contribution in [2.75, 3.05) is 20.8 Å². The zero-order valence-corrected chi connectivity index (χ0v) is 12.1. The zero-order chi connectivity index (χ0) is 15.2.